The summed E-state index contributed by atoms with van der Waals surface area (Å²) in [5.41, 5.74) is 1.76. The Morgan fingerprint density at radius 3 is 2.71 bits per heavy atom. The summed E-state index contributed by atoms with van der Waals surface area (Å²) < 4.78 is 32.4. The number of ether oxygens (including phenoxy) is 1. The van der Waals surface area contributed by atoms with Crippen molar-refractivity contribution in [2.24, 2.45) is 5.92 Å². The van der Waals surface area contributed by atoms with Crippen LogP contribution >= 0.6 is 11.6 Å². The van der Waals surface area contributed by atoms with E-state index in [9.17, 15) is 13.2 Å². The van der Waals surface area contributed by atoms with Gasteiger partial charge in [-0.15, -0.1) is 0 Å². The van der Waals surface area contributed by atoms with Gasteiger partial charge in [-0.3, -0.25) is 4.79 Å². The molecule has 0 spiro atoms. The number of hydrogen-bond acceptors (Lipinski definition) is 4. The van der Waals surface area contributed by atoms with E-state index in [0.29, 0.717) is 30.8 Å². The molecule has 1 amide bonds. The molecule has 0 saturated carbocycles. The van der Waals surface area contributed by atoms with Gasteiger partial charge >= 0.3 is 0 Å². The van der Waals surface area contributed by atoms with Crippen LogP contribution in [-0.4, -0.2) is 38.8 Å². The third-order valence-electron chi connectivity index (χ3n) is 4.80. The van der Waals surface area contributed by atoms with E-state index in [1.165, 1.54) is 29.6 Å². The molecule has 8 heteroatoms. The number of aryl methyl sites for hydroxylation is 1. The summed E-state index contributed by atoms with van der Waals surface area (Å²) in [6.45, 7) is 2.47. The van der Waals surface area contributed by atoms with Crippen molar-refractivity contribution in [2.45, 2.75) is 24.7 Å². The SMILES string of the molecule is COc1ccc(S(=O)(=O)N2CCC[C@H](C(=O)Nc3cccc(C)c3)C2)cc1Cl. The van der Waals surface area contributed by atoms with Crippen LogP contribution < -0.4 is 10.1 Å². The molecule has 2 aromatic carbocycles. The van der Waals surface area contributed by atoms with E-state index in [1.54, 1.807) is 0 Å². The van der Waals surface area contributed by atoms with Crippen LogP contribution in [0.2, 0.25) is 5.02 Å². The van der Waals surface area contributed by atoms with Crippen molar-refractivity contribution in [1.82, 2.24) is 4.31 Å². The molecule has 1 saturated heterocycles. The van der Waals surface area contributed by atoms with Gasteiger partial charge in [0.2, 0.25) is 15.9 Å². The average Bonchev–Trinajstić information content (AvgIpc) is 2.68. The number of piperidine rings is 1. The fourth-order valence-corrected chi connectivity index (χ4v) is 5.17. The van der Waals surface area contributed by atoms with Crippen molar-refractivity contribution in [3.05, 3.63) is 53.1 Å². The third-order valence-corrected chi connectivity index (χ3v) is 6.96. The first-order valence-corrected chi connectivity index (χ1v) is 10.8. The lowest BCUT2D eigenvalue weighted by atomic mass is 9.98. The first-order chi connectivity index (χ1) is 13.3. The van der Waals surface area contributed by atoms with E-state index in [4.69, 9.17) is 16.3 Å². The van der Waals surface area contributed by atoms with Crippen molar-refractivity contribution in [2.75, 3.05) is 25.5 Å². The van der Waals surface area contributed by atoms with E-state index < -0.39 is 15.9 Å². The molecule has 1 aliphatic rings. The van der Waals surface area contributed by atoms with Gasteiger partial charge in [0.1, 0.15) is 5.75 Å². The molecule has 2 aromatic rings. The predicted molar refractivity (Wildman–Crippen MR) is 109 cm³/mol. The average molecular weight is 423 g/mol. The molecule has 0 aromatic heterocycles. The highest BCUT2D eigenvalue weighted by Gasteiger charge is 2.33. The fraction of sp³-hybridized carbons (Fsp3) is 0.350. The smallest absolute Gasteiger partial charge is 0.243 e. The second-order valence-electron chi connectivity index (χ2n) is 6.86. The zero-order valence-electron chi connectivity index (χ0n) is 15.8. The molecule has 28 heavy (non-hydrogen) atoms. The van der Waals surface area contributed by atoms with Crippen LogP contribution in [-0.2, 0) is 14.8 Å². The summed E-state index contributed by atoms with van der Waals surface area (Å²) >= 11 is 6.08. The van der Waals surface area contributed by atoms with E-state index in [2.05, 4.69) is 5.32 Å². The molecule has 0 radical (unpaired) electrons. The number of methoxy groups -OCH3 is 1. The van der Waals surface area contributed by atoms with Crippen molar-refractivity contribution >= 4 is 33.2 Å². The highest BCUT2D eigenvalue weighted by Crippen LogP contribution is 2.30. The number of sulfonamides is 1. The van der Waals surface area contributed by atoms with Crippen LogP contribution in [0.25, 0.3) is 0 Å². The van der Waals surface area contributed by atoms with Crippen molar-refractivity contribution in [3.8, 4) is 5.75 Å². The zero-order valence-corrected chi connectivity index (χ0v) is 17.4. The van der Waals surface area contributed by atoms with Crippen LogP contribution in [0, 0.1) is 12.8 Å². The van der Waals surface area contributed by atoms with Gasteiger partial charge in [-0.2, -0.15) is 4.31 Å². The minimum atomic E-state index is -3.74. The van der Waals surface area contributed by atoms with Gasteiger partial charge in [0.05, 0.1) is 22.9 Å². The molecular formula is C20H23ClN2O4S. The van der Waals surface area contributed by atoms with Crippen LogP contribution in [0.1, 0.15) is 18.4 Å². The minimum Gasteiger partial charge on any atom is -0.495 e. The summed E-state index contributed by atoms with van der Waals surface area (Å²) in [6.07, 6.45) is 1.27. The largest absolute Gasteiger partial charge is 0.495 e. The number of halogens is 1. The topological polar surface area (TPSA) is 75.7 Å². The first kappa shape index (κ1) is 20.6. The maximum Gasteiger partial charge on any atom is 0.243 e. The number of anilines is 1. The van der Waals surface area contributed by atoms with Gasteiger partial charge < -0.3 is 10.1 Å². The maximum atomic E-state index is 13.0. The monoisotopic (exact) mass is 422 g/mol. The Balaban J connectivity index is 1.74. The van der Waals surface area contributed by atoms with Gasteiger partial charge in [0.15, 0.2) is 0 Å². The highest BCUT2D eigenvalue weighted by molar-refractivity contribution is 7.89. The number of hydrogen-bond donors (Lipinski definition) is 1. The molecule has 3 rings (SSSR count). The number of nitrogens with one attached hydrogen (secondary N) is 1. The molecule has 0 unspecified atom stereocenters. The summed E-state index contributed by atoms with van der Waals surface area (Å²) in [4.78, 5) is 12.8. The number of carbonyl (C=O) groups is 1. The Kier molecular flexibility index (Phi) is 6.27. The highest BCUT2D eigenvalue weighted by atomic mass is 35.5. The summed E-state index contributed by atoms with van der Waals surface area (Å²) in [6, 6.07) is 11.9. The Labute approximate surface area is 170 Å². The molecule has 1 atom stereocenters. The maximum absolute atomic E-state index is 13.0. The number of carbonyl (C=O) groups excluding carboxylic acids is 1. The lowest BCUT2D eigenvalue weighted by Crippen LogP contribution is -2.43. The van der Waals surface area contributed by atoms with E-state index in [-0.39, 0.29) is 22.4 Å². The number of nitrogens with zero attached hydrogens (tertiary/aromatic N) is 1. The molecular weight excluding hydrogens is 400 g/mol. The Morgan fingerprint density at radius 1 is 1.25 bits per heavy atom. The molecule has 0 aliphatic carbocycles. The van der Waals surface area contributed by atoms with E-state index in [1.807, 2.05) is 31.2 Å². The Hall–Kier alpha value is -2.09. The second kappa shape index (κ2) is 8.51. The predicted octanol–water partition coefficient (Wildman–Crippen LogP) is 3.70. The zero-order chi connectivity index (χ0) is 20.3. The van der Waals surface area contributed by atoms with Gasteiger partial charge in [0.25, 0.3) is 0 Å². The van der Waals surface area contributed by atoms with Crippen molar-refractivity contribution in [3.63, 3.8) is 0 Å². The normalized spacial score (nSPS) is 17.9. The molecule has 1 fully saturated rings. The molecule has 6 nitrogen and oxygen atoms in total. The molecule has 1 aliphatic heterocycles. The van der Waals surface area contributed by atoms with Crippen molar-refractivity contribution in [1.29, 1.82) is 0 Å². The second-order valence-corrected chi connectivity index (χ2v) is 9.20. The Morgan fingerprint density at radius 2 is 2.04 bits per heavy atom. The van der Waals surface area contributed by atoms with Crippen LogP contribution in [0.15, 0.2) is 47.4 Å². The molecule has 150 valence electrons. The fourth-order valence-electron chi connectivity index (χ4n) is 3.30. The van der Waals surface area contributed by atoms with E-state index in [0.717, 1.165) is 5.56 Å². The number of rotatable bonds is 5. The standard InChI is InChI=1S/C20H23ClN2O4S/c1-14-5-3-7-16(11-14)22-20(24)15-6-4-10-23(13-15)28(25,26)17-8-9-19(27-2)18(21)12-17/h3,5,7-9,11-12,15H,4,6,10,13H2,1-2H3,(H,22,24)/t15-/m0/s1. The summed E-state index contributed by atoms with van der Waals surface area (Å²) in [5.74, 6) is -0.161. The van der Waals surface area contributed by atoms with E-state index >= 15 is 0 Å². The third kappa shape index (κ3) is 4.48. The minimum absolute atomic E-state index is 0.0954. The van der Waals surface area contributed by atoms with Crippen molar-refractivity contribution < 1.29 is 17.9 Å². The van der Waals surface area contributed by atoms with Gasteiger partial charge in [-0.05, 0) is 55.7 Å². The van der Waals surface area contributed by atoms with Crippen LogP contribution in [0.5, 0.6) is 5.75 Å². The quantitative estimate of drug-likeness (QED) is 0.797. The lowest BCUT2D eigenvalue weighted by Gasteiger charge is -2.31. The Bertz CT molecular complexity index is 978. The first-order valence-electron chi connectivity index (χ1n) is 9.02. The number of amides is 1. The molecule has 1 N–H and O–H groups in total. The molecule has 1 heterocycles. The summed E-state index contributed by atoms with van der Waals surface area (Å²) in [5, 5.41) is 3.12. The molecule has 0 bridgehead atoms. The summed E-state index contributed by atoms with van der Waals surface area (Å²) in [7, 11) is -2.27. The van der Waals surface area contributed by atoms with Gasteiger partial charge in [0, 0.05) is 18.8 Å². The van der Waals surface area contributed by atoms with Crippen LogP contribution in [0.3, 0.4) is 0 Å². The van der Waals surface area contributed by atoms with Gasteiger partial charge in [-0.25, -0.2) is 8.42 Å². The lowest BCUT2D eigenvalue weighted by molar-refractivity contribution is -0.120. The number of benzene rings is 2. The van der Waals surface area contributed by atoms with Gasteiger partial charge in [-0.1, -0.05) is 23.7 Å². The van der Waals surface area contributed by atoms with Crippen LogP contribution in [0.4, 0.5) is 5.69 Å².